The molecule has 34 heavy (non-hydrogen) atoms. The number of aliphatic hydroxyl groups excluding tert-OH is 2. The van der Waals surface area contributed by atoms with Crippen LogP contribution >= 0.6 is 0 Å². The second-order valence-corrected chi connectivity index (χ2v) is 10.8. The van der Waals surface area contributed by atoms with Crippen LogP contribution in [0, 0.1) is 17.8 Å². The second-order valence-electron chi connectivity index (χ2n) is 8.90. The van der Waals surface area contributed by atoms with Crippen molar-refractivity contribution >= 4 is 10.0 Å². The lowest BCUT2D eigenvalue weighted by atomic mass is 10.0. The summed E-state index contributed by atoms with van der Waals surface area (Å²) in [7, 11) is -1.91. The Hall–Kier alpha value is -2.48. The van der Waals surface area contributed by atoms with Crippen molar-refractivity contribution < 1.29 is 23.4 Å². The van der Waals surface area contributed by atoms with Crippen molar-refractivity contribution in [3.05, 3.63) is 53.9 Å². The number of benzene rings is 1. The molecular weight excluding hydrogens is 454 g/mol. The Kier molecular flexibility index (Phi) is 8.68. The summed E-state index contributed by atoms with van der Waals surface area (Å²) in [6, 6.07) is 8.03. The predicted octanol–water partition coefficient (Wildman–Crippen LogP) is 1.71. The fraction of sp³-hybridized carbons (Fsp3) is 0.480. The van der Waals surface area contributed by atoms with Gasteiger partial charge < -0.3 is 14.9 Å². The van der Waals surface area contributed by atoms with Gasteiger partial charge in [0, 0.05) is 49.6 Å². The van der Waals surface area contributed by atoms with Crippen LogP contribution in [0.1, 0.15) is 31.9 Å². The first-order chi connectivity index (χ1) is 16.1. The van der Waals surface area contributed by atoms with Gasteiger partial charge in [-0.05, 0) is 56.8 Å². The third kappa shape index (κ3) is 6.34. The van der Waals surface area contributed by atoms with E-state index >= 15 is 0 Å². The number of likely N-dealkylation sites (N-methyl/N-ethyl adjacent to an activating group) is 1. The van der Waals surface area contributed by atoms with E-state index in [1.165, 1.54) is 10.4 Å². The van der Waals surface area contributed by atoms with Gasteiger partial charge in [0.2, 0.25) is 10.0 Å². The van der Waals surface area contributed by atoms with E-state index in [1.807, 2.05) is 26.1 Å². The first-order valence-corrected chi connectivity index (χ1v) is 12.8. The summed E-state index contributed by atoms with van der Waals surface area (Å²) in [6.07, 6.45) is 2.39. The molecule has 1 aromatic carbocycles. The van der Waals surface area contributed by atoms with E-state index in [0.717, 1.165) is 5.56 Å². The van der Waals surface area contributed by atoms with E-state index in [9.17, 15) is 18.6 Å². The maximum Gasteiger partial charge on any atom is 0.247 e. The van der Waals surface area contributed by atoms with Crippen LogP contribution in [0.15, 0.2) is 47.6 Å². The zero-order chi connectivity index (χ0) is 24.9. The number of nitrogens with zero attached hydrogens (tertiary/aromatic N) is 3. The number of pyridine rings is 1. The average Bonchev–Trinajstić information content (AvgIpc) is 2.80. The Morgan fingerprint density at radius 1 is 1.26 bits per heavy atom. The summed E-state index contributed by atoms with van der Waals surface area (Å²) >= 11 is 0. The molecule has 0 spiro atoms. The van der Waals surface area contributed by atoms with Gasteiger partial charge in [0.15, 0.2) is 0 Å². The minimum Gasteiger partial charge on any atom is -0.487 e. The van der Waals surface area contributed by atoms with Crippen LogP contribution < -0.4 is 4.74 Å². The largest absolute Gasteiger partial charge is 0.487 e. The molecule has 1 aliphatic rings. The van der Waals surface area contributed by atoms with Gasteiger partial charge in [-0.15, -0.1) is 0 Å². The van der Waals surface area contributed by atoms with Crippen LogP contribution in [0.25, 0.3) is 0 Å². The lowest BCUT2D eigenvalue weighted by molar-refractivity contribution is 0.0733. The third-order valence-corrected chi connectivity index (χ3v) is 7.81. The molecule has 9 heteroatoms. The molecule has 0 bridgehead atoms. The summed E-state index contributed by atoms with van der Waals surface area (Å²) < 4.78 is 34.7. The van der Waals surface area contributed by atoms with Crippen LogP contribution in [-0.4, -0.2) is 77.8 Å². The van der Waals surface area contributed by atoms with Crippen molar-refractivity contribution in [2.45, 2.75) is 50.5 Å². The molecule has 0 saturated heterocycles. The third-order valence-electron chi connectivity index (χ3n) is 5.79. The maximum absolute atomic E-state index is 13.5. The van der Waals surface area contributed by atoms with Gasteiger partial charge in [-0.2, -0.15) is 4.31 Å². The highest BCUT2D eigenvalue weighted by atomic mass is 32.2. The van der Waals surface area contributed by atoms with E-state index < -0.39 is 22.2 Å². The Bertz CT molecular complexity index is 1130. The quantitative estimate of drug-likeness (QED) is 0.598. The van der Waals surface area contributed by atoms with Crippen molar-refractivity contribution in [1.82, 2.24) is 14.2 Å². The Morgan fingerprint density at radius 3 is 2.62 bits per heavy atom. The van der Waals surface area contributed by atoms with Crippen LogP contribution in [0.3, 0.4) is 0 Å². The molecule has 0 fully saturated rings. The molecule has 184 valence electrons. The number of rotatable bonds is 6. The molecule has 3 rings (SSSR count). The highest BCUT2D eigenvalue weighted by molar-refractivity contribution is 7.89. The van der Waals surface area contributed by atoms with Crippen molar-refractivity contribution in [2.75, 3.05) is 26.7 Å². The number of hydrogen-bond donors (Lipinski definition) is 2. The molecule has 0 amide bonds. The zero-order valence-electron chi connectivity index (χ0n) is 20.0. The van der Waals surface area contributed by atoms with E-state index in [2.05, 4.69) is 21.7 Å². The molecular formula is C25H33N3O5S. The highest BCUT2D eigenvalue weighted by Crippen LogP contribution is 2.34. The average molecular weight is 488 g/mol. The minimum atomic E-state index is -3.91. The van der Waals surface area contributed by atoms with Crippen LogP contribution in [0.5, 0.6) is 5.75 Å². The van der Waals surface area contributed by atoms with E-state index in [1.54, 1.807) is 38.4 Å². The van der Waals surface area contributed by atoms with Gasteiger partial charge >= 0.3 is 0 Å². The smallest absolute Gasteiger partial charge is 0.247 e. The second kappa shape index (κ2) is 11.3. The molecule has 0 aliphatic carbocycles. The first-order valence-electron chi connectivity index (χ1n) is 11.3. The number of hydrogen-bond acceptors (Lipinski definition) is 7. The molecule has 0 radical (unpaired) electrons. The molecule has 2 heterocycles. The monoisotopic (exact) mass is 487 g/mol. The van der Waals surface area contributed by atoms with E-state index in [4.69, 9.17) is 4.74 Å². The fourth-order valence-electron chi connectivity index (χ4n) is 3.88. The first kappa shape index (κ1) is 26.1. The van der Waals surface area contributed by atoms with Crippen molar-refractivity contribution in [3.8, 4) is 17.6 Å². The number of fused-ring (bicyclic) bond motifs is 1. The number of aliphatic hydroxyl groups is 2. The van der Waals surface area contributed by atoms with Gasteiger partial charge in [0.25, 0.3) is 0 Å². The van der Waals surface area contributed by atoms with Gasteiger partial charge in [0.05, 0.1) is 6.61 Å². The highest BCUT2D eigenvalue weighted by Gasteiger charge is 2.38. The molecule has 4 atom stereocenters. The zero-order valence-corrected chi connectivity index (χ0v) is 20.9. The maximum atomic E-state index is 13.5. The summed E-state index contributed by atoms with van der Waals surface area (Å²) in [5.41, 5.74) is 1.67. The van der Waals surface area contributed by atoms with E-state index in [0.29, 0.717) is 18.7 Å². The van der Waals surface area contributed by atoms with Gasteiger partial charge in [-0.25, -0.2) is 8.42 Å². The van der Waals surface area contributed by atoms with Gasteiger partial charge in [-0.3, -0.25) is 9.88 Å². The lowest BCUT2D eigenvalue weighted by Gasteiger charge is -2.37. The van der Waals surface area contributed by atoms with Crippen LogP contribution in [0.4, 0.5) is 0 Å². The minimum absolute atomic E-state index is 0.0454. The van der Waals surface area contributed by atoms with Crippen molar-refractivity contribution in [1.29, 1.82) is 0 Å². The summed E-state index contributed by atoms with van der Waals surface area (Å²) in [6.45, 7) is 6.41. The standard InChI is InChI=1S/C25H33N3O5S/c1-18-14-28(19(2)17-29)34(31,32)25-8-7-21(6-5-20(3)30)13-23(25)33-24(18)16-27(4)15-22-9-11-26-12-10-22/h7-13,18-20,24,29-30H,14-17H2,1-4H3/t18-,19+,20+,24-/m0/s1. The SMILES string of the molecule is C[C@H](CO)N1C[C@H](C)[C@H](CN(C)Cc2ccncc2)Oc2cc(C#C[C@@H](C)O)ccc2S1(=O)=O. The Labute approximate surface area is 202 Å². The normalized spacial score (nSPS) is 21.9. The molecule has 0 unspecified atom stereocenters. The van der Waals surface area contributed by atoms with E-state index in [-0.39, 0.29) is 35.8 Å². The van der Waals surface area contributed by atoms with Gasteiger partial charge in [-0.1, -0.05) is 18.8 Å². The Balaban J connectivity index is 1.99. The number of sulfonamides is 1. The summed E-state index contributed by atoms with van der Waals surface area (Å²) in [5.74, 6) is 5.61. The van der Waals surface area contributed by atoms with Crippen molar-refractivity contribution in [2.24, 2.45) is 5.92 Å². The lowest BCUT2D eigenvalue weighted by Crippen LogP contribution is -2.49. The number of ether oxygens (including phenoxy) is 1. The van der Waals surface area contributed by atoms with Crippen LogP contribution in [-0.2, 0) is 16.6 Å². The molecule has 2 aromatic rings. The topological polar surface area (TPSA) is 103 Å². The summed E-state index contributed by atoms with van der Waals surface area (Å²) in [4.78, 5) is 6.23. The van der Waals surface area contributed by atoms with Gasteiger partial charge in [0.1, 0.15) is 22.9 Å². The Morgan fingerprint density at radius 2 is 1.97 bits per heavy atom. The molecule has 2 N–H and O–H groups in total. The number of aromatic nitrogens is 1. The predicted molar refractivity (Wildman–Crippen MR) is 130 cm³/mol. The van der Waals surface area contributed by atoms with Crippen LogP contribution in [0.2, 0.25) is 0 Å². The fourth-order valence-corrected chi connectivity index (χ4v) is 5.71. The molecule has 1 aromatic heterocycles. The molecule has 1 aliphatic heterocycles. The molecule has 8 nitrogen and oxygen atoms in total. The summed E-state index contributed by atoms with van der Waals surface area (Å²) in [5, 5.41) is 19.3. The van der Waals surface area contributed by atoms with Crippen molar-refractivity contribution in [3.63, 3.8) is 0 Å². The molecule has 0 saturated carbocycles.